The zero-order valence-corrected chi connectivity index (χ0v) is 11.9. The van der Waals surface area contributed by atoms with Gasteiger partial charge in [-0.2, -0.15) is 23.4 Å². The van der Waals surface area contributed by atoms with Crippen molar-refractivity contribution in [3.63, 3.8) is 0 Å². The van der Waals surface area contributed by atoms with Crippen molar-refractivity contribution in [3.8, 4) is 0 Å². The first kappa shape index (κ1) is 15.3. The Morgan fingerprint density at radius 3 is 2.78 bits per heavy atom. The van der Waals surface area contributed by atoms with Crippen LogP contribution in [0.3, 0.4) is 0 Å². The molecule has 0 saturated carbocycles. The van der Waals surface area contributed by atoms with Crippen LogP contribution in [0.4, 0.5) is 13.2 Å². The average molecular weight is 322 g/mol. The second-order valence-corrected chi connectivity index (χ2v) is 5.17. The number of hydrogen-bond donors (Lipinski definition) is 2. The number of amides is 1. The van der Waals surface area contributed by atoms with Gasteiger partial charge >= 0.3 is 6.18 Å². The smallest absolute Gasteiger partial charge is 0.273 e. The van der Waals surface area contributed by atoms with Crippen LogP contribution >= 0.6 is 0 Å². The number of nitrogens with one attached hydrogen (secondary N) is 2. The Labute approximate surface area is 129 Å². The number of hydrogen-bond acceptors (Lipinski definition) is 3. The maximum atomic E-state index is 12.5. The van der Waals surface area contributed by atoms with Crippen molar-refractivity contribution in [1.82, 2.24) is 15.6 Å². The molecule has 1 aromatic carbocycles. The molecule has 0 aliphatic heterocycles. The largest absolute Gasteiger partial charge is 0.432 e. The SMILES string of the molecule is O=C(N/N=C1/CCCc2ccccc21)c1cc(C(F)(F)F)[nH]n1. The fourth-order valence-corrected chi connectivity index (χ4v) is 2.48. The van der Waals surface area contributed by atoms with Crippen molar-refractivity contribution in [2.24, 2.45) is 5.10 Å². The summed E-state index contributed by atoms with van der Waals surface area (Å²) in [7, 11) is 0. The van der Waals surface area contributed by atoms with Crippen molar-refractivity contribution >= 4 is 11.6 Å². The molecule has 1 aromatic heterocycles. The molecule has 1 aliphatic rings. The van der Waals surface area contributed by atoms with Crippen molar-refractivity contribution in [2.75, 3.05) is 0 Å². The Bertz CT molecular complexity index is 764. The minimum Gasteiger partial charge on any atom is -0.273 e. The summed E-state index contributed by atoms with van der Waals surface area (Å²) in [5.41, 5.74) is 3.66. The van der Waals surface area contributed by atoms with Gasteiger partial charge in [-0.15, -0.1) is 0 Å². The minimum atomic E-state index is -4.57. The van der Waals surface area contributed by atoms with E-state index in [1.54, 1.807) is 5.10 Å². The van der Waals surface area contributed by atoms with E-state index >= 15 is 0 Å². The molecule has 5 nitrogen and oxygen atoms in total. The van der Waals surface area contributed by atoms with Gasteiger partial charge < -0.3 is 0 Å². The van der Waals surface area contributed by atoms with E-state index in [0.29, 0.717) is 18.2 Å². The van der Waals surface area contributed by atoms with E-state index in [1.165, 1.54) is 0 Å². The first-order valence-electron chi connectivity index (χ1n) is 7.03. The molecule has 3 rings (SSSR count). The topological polar surface area (TPSA) is 70.1 Å². The number of carbonyl (C=O) groups is 1. The number of alkyl halides is 3. The van der Waals surface area contributed by atoms with Gasteiger partial charge in [-0.3, -0.25) is 9.89 Å². The summed E-state index contributed by atoms with van der Waals surface area (Å²) in [5.74, 6) is -0.785. The highest BCUT2D eigenvalue weighted by Gasteiger charge is 2.33. The first-order valence-corrected chi connectivity index (χ1v) is 7.03. The number of H-pyrrole nitrogens is 1. The lowest BCUT2D eigenvalue weighted by Gasteiger charge is -2.17. The van der Waals surface area contributed by atoms with Crippen LogP contribution in [0, 0.1) is 0 Å². The molecule has 2 aromatic rings. The van der Waals surface area contributed by atoms with Gasteiger partial charge in [0, 0.05) is 11.6 Å². The molecule has 1 aliphatic carbocycles. The van der Waals surface area contributed by atoms with Crippen LogP contribution in [0.2, 0.25) is 0 Å². The monoisotopic (exact) mass is 322 g/mol. The number of nitrogens with zero attached hydrogens (tertiary/aromatic N) is 2. The average Bonchev–Trinajstić information content (AvgIpc) is 3.03. The molecule has 0 fully saturated rings. The summed E-state index contributed by atoms with van der Waals surface area (Å²) in [4.78, 5) is 11.9. The third-order valence-corrected chi connectivity index (χ3v) is 3.60. The van der Waals surface area contributed by atoms with Crippen molar-refractivity contribution in [3.05, 3.63) is 52.8 Å². The van der Waals surface area contributed by atoms with Gasteiger partial charge in [0.2, 0.25) is 0 Å². The van der Waals surface area contributed by atoms with Gasteiger partial charge in [0.1, 0.15) is 5.69 Å². The van der Waals surface area contributed by atoms with E-state index in [0.717, 1.165) is 24.0 Å². The maximum Gasteiger partial charge on any atom is 0.432 e. The number of benzene rings is 1. The third kappa shape index (κ3) is 3.25. The lowest BCUT2D eigenvalue weighted by Crippen LogP contribution is -2.22. The number of aromatic nitrogens is 2. The fourth-order valence-electron chi connectivity index (χ4n) is 2.48. The standard InChI is InChI=1S/C15H13F3N4O/c16-15(17,18)13-8-12(20-21-13)14(23)22-19-11-7-3-5-9-4-1-2-6-10(9)11/h1-2,4,6,8H,3,5,7H2,(H,20,21)(H,22,23)/b19-11-. The zero-order chi connectivity index (χ0) is 16.4. The molecule has 0 atom stereocenters. The highest BCUT2D eigenvalue weighted by atomic mass is 19.4. The predicted octanol–water partition coefficient (Wildman–Crippen LogP) is 2.90. The van der Waals surface area contributed by atoms with E-state index in [4.69, 9.17) is 0 Å². The summed E-state index contributed by atoms with van der Waals surface area (Å²) >= 11 is 0. The second-order valence-electron chi connectivity index (χ2n) is 5.17. The Balaban J connectivity index is 1.76. The van der Waals surface area contributed by atoms with Gasteiger partial charge in [-0.25, -0.2) is 5.43 Å². The Hall–Kier alpha value is -2.64. The number of fused-ring (bicyclic) bond motifs is 1. The first-order chi connectivity index (χ1) is 10.9. The summed E-state index contributed by atoms with van der Waals surface area (Å²) in [5, 5.41) is 9.21. The van der Waals surface area contributed by atoms with Crippen LogP contribution in [-0.4, -0.2) is 21.8 Å². The Morgan fingerprint density at radius 1 is 1.26 bits per heavy atom. The highest BCUT2D eigenvalue weighted by Crippen LogP contribution is 2.27. The number of aryl methyl sites for hydroxylation is 1. The summed E-state index contributed by atoms with van der Waals surface area (Å²) < 4.78 is 37.4. The van der Waals surface area contributed by atoms with E-state index < -0.39 is 17.8 Å². The molecular formula is C15H13F3N4O. The van der Waals surface area contributed by atoms with Crippen LogP contribution in [0.5, 0.6) is 0 Å². The van der Waals surface area contributed by atoms with Crippen molar-refractivity contribution < 1.29 is 18.0 Å². The molecule has 0 unspecified atom stereocenters. The fraction of sp³-hybridized carbons (Fsp3) is 0.267. The van der Waals surface area contributed by atoms with E-state index in [1.807, 2.05) is 24.3 Å². The molecule has 0 saturated heterocycles. The van der Waals surface area contributed by atoms with Crippen molar-refractivity contribution in [2.45, 2.75) is 25.4 Å². The molecule has 120 valence electrons. The third-order valence-electron chi connectivity index (χ3n) is 3.60. The van der Waals surface area contributed by atoms with Crippen LogP contribution in [0.1, 0.15) is 40.2 Å². The number of rotatable bonds is 2. The van der Waals surface area contributed by atoms with E-state index in [-0.39, 0.29) is 5.69 Å². The number of hydrazone groups is 1. The lowest BCUT2D eigenvalue weighted by atomic mass is 9.90. The molecule has 2 N–H and O–H groups in total. The van der Waals surface area contributed by atoms with Crippen molar-refractivity contribution in [1.29, 1.82) is 0 Å². The van der Waals surface area contributed by atoms with Gasteiger partial charge in [0.25, 0.3) is 5.91 Å². The van der Waals surface area contributed by atoms with Crippen LogP contribution in [0.25, 0.3) is 0 Å². The normalized spacial score (nSPS) is 16.2. The molecule has 1 amide bonds. The summed E-state index contributed by atoms with van der Waals surface area (Å²) in [6.45, 7) is 0. The van der Waals surface area contributed by atoms with Gasteiger partial charge in [0.05, 0.1) is 5.71 Å². The molecular weight excluding hydrogens is 309 g/mol. The molecule has 0 bridgehead atoms. The molecule has 8 heteroatoms. The van der Waals surface area contributed by atoms with Crippen LogP contribution in [-0.2, 0) is 12.6 Å². The lowest BCUT2D eigenvalue weighted by molar-refractivity contribution is -0.141. The molecule has 23 heavy (non-hydrogen) atoms. The number of halogens is 3. The number of carbonyl (C=O) groups excluding carboxylic acids is 1. The van der Waals surface area contributed by atoms with E-state index in [9.17, 15) is 18.0 Å². The molecule has 0 spiro atoms. The number of aromatic amines is 1. The second kappa shape index (κ2) is 5.86. The minimum absolute atomic E-state index is 0.356. The van der Waals surface area contributed by atoms with Gasteiger partial charge in [0.15, 0.2) is 5.69 Å². The van der Waals surface area contributed by atoms with Gasteiger partial charge in [-0.05, 0) is 24.8 Å². The quantitative estimate of drug-likeness (QED) is 0.835. The zero-order valence-electron chi connectivity index (χ0n) is 11.9. The molecule has 1 heterocycles. The van der Waals surface area contributed by atoms with E-state index in [2.05, 4.69) is 15.6 Å². The van der Waals surface area contributed by atoms with Gasteiger partial charge in [-0.1, -0.05) is 24.3 Å². The highest BCUT2D eigenvalue weighted by molar-refractivity contribution is 6.03. The Kier molecular flexibility index (Phi) is 3.89. The summed E-state index contributed by atoms with van der Waals surface area (Å²) in [6, 6.07) is 8.38. The maximum absolute atomic E-state index is 12.5. The summed E-state index contributed by atoms with van der Waals surface area (Å²) in [6.07, 6.45) is -2.02. The van der Waals surface area contributed by atoms with Crippen LogP contribution < -0.4 is 5.43 Å². The predicted molar refractivity (Wildman–Crippen MR) is 77.0 cm³/mol. The Morgan fingerprint density at radius 2 is 2.04 bits per heavy atom. The molecule has 0 radical (unpaired) electrons. The van der Waals surface area contributed by atoms with Crippen LogP contribution in [0.15, 0.2) is 35.4 Å².